The molecule has 0 spiro atoms. The first kappa shape index (κ1) is 20.3. The number of nitrogens with one attached hydrogen (secondary N) is 1. The fourth-order valence-corrected chi connectivity index (χ4v) is 3.14. The van der Waals surface area contributed by atoms with E-state index < -0.39 is 0 Å². The summed E-state index contributed by atoms with van der Waals surface area (Å²) in [6.45, 7) is 3.29. The molecule has 0 saturated heterocycles. The van der Waals surface area contributed by atoms with Crippen LogP contribution in [0.15, 0.2) is 48.5 Å². The topological polar surface area (TPSA) is 75.9 Å². The Morgan fingerprint density at radius 3 is 2.68 bits per heavy atom. The average molecular weight is 419 g/mol. The Balaban J connectivity index is 1.63. The molecule has 9 heteroatoms. The maximum Gasteiger partial charge on any atom is 0.238 e. The van der Waals surface area contributed by atoms with Crippen molar-refractivity contribution in [1.29, 1.82) is 0 Å². The van der Waals surface area contributed by atoms with Gasteiger partial charge in [0.25, 0.3) is 0 Å². The number of hydrogen-bond acceptors (Lipinski definition) is 5. The minimum absolute atomic E-state index is 0.176. The number of amides is 1. The Hall–Kier alpha value is -2.48. The molecular formula is C19H20Cl2N6O. The van der Waals surface area contributed by atoms with Crippen molar-refractivity contribution in [3.05, 3.63) is 58.6 Å². The summed E-state index contributed by atoms with van der Waals surface area (Å²) in [6.07, 6.45) is 0.884. The smallest absolute Gasteiger partial charge is 0.238 e. The van der Waals surface area contributed by atoms with Gasteiger partial charge < -0.3 is 5.32 Å². The molecule has 0 saturated carbocycles. The van der Waals surface area contributed by atoms with Crippen molar-refractivity contribution in [3.8, 4) is 11.4 Å². The highest BCUT2D eigenvalue weighted by atomic mass is 35.5. The lowest BCUT2D eigenvalue weighted by Gasteiger charge is -2.20. The van der Waals surface area contributed by atoms with Crippen LogP contribution in [-0.4, -0.2) is 44.1 Å². The number of tetrazole rings is 1. The largest absolute Gasteiger partial charge is 0.324 e. The number of carbonyl (C=O) groups is 1. The molecule has 28 heavy (non-hydrogen) atoms. The van der Waals surface area contributed by atoms with E-state index in [1.54, 1.807) is 18.2 Å². The molecule has 0 aliphatic rings. The first-order valence-corrected chi connectivity index (χ1v) is 9.61. The van der Waals surface area contributed by atoms with Crippen LogP contribution in [0, 0.1) is 0 Å². The summed E-state index contributed by atoms with van der Waals surface area (Å²) in [5.74, 6) is 0.371. The molecule has 146 valence electrons. The summed E-state index contributed by atoms with van der Waals surface area (Å²) < 4.78 is 0. The van der Waals surface area contributed by atoms with Crippen molar-refractivity contribution in [2.45, 2.75) is 20.0 Å². The highest BCUT2D eigenvalue weighted by Gasteiger charge is 2.14. The molecule has 0 aliphatic carbocycles. The standard InChI is InChI=1S/C19H20Cl2N6O/c1-2-10-26(12-18(28)22-17-9-8-15(20)11-16(17)21)13-27-24-19(23-25-27)14-6-4-3-5-7-14/h3-9,11H,2,10,12-13H2,1H3,(H,22,28). The molecule has 1 aromatic heterocycles. The second-order valence-electron chi connectivity index (χ2n) is 6.22. The quantitative estimate of drug-likeness (QED) is 0.598. The van der Waals surface area contributed by atoms with E-state index in [2.05, 4.69) is 20.7 Å². The van der Waals surface area contributed by atoms with Crippen molar-refractivity contribution in [2.24, 2.45) is 0 Å². The Bertz CT molecular complexity index is 931. The Labute approximate surface area is 173 Å². The lowest BCUT2D eigenvalue weighted by molar-refractivity contribution is -0.117. The molecule has 3 rings (SSSR count). The van der Waals surface area contributed by atoms with E-state index >= 15 is 0 Å². The predicted octanol–water partition coefficient (Wildman–Crippen LogP) is 3.96. The van der Waals surface area contributed by atoms with Gasteiger partial charge in [0.1, 0.15) is 6.67 Å². The molecular weight excluding hydrogens is 399 g/mol. The van der Waals surface area contributed by atoms with Gasteiger partial charge in [-0.3, -0.25) is 9.69 Å². The molecule has 7 nitrogen and oxygen atoms in total. The number of halogens is 2. The van der Waals surface area contributed by atoms with Gasteiger partial charge in [0.15, 0.2) is 0 Å². The van der Waals surface area contributed by atoms with Crippen LogP contribution >= 0.6 is 23.2 Å². The first-order chi connectivity index (χ1) is 13.5. The van der Waals surface area contributed by atoms with E-state index in [1.807, 2.05) is 42.2 Å². The van der Waals surface area contributed by atoms with Gasteiger partial charge in [-0.15, -0.1) is 15.0 Å². The van der Waals surface area contributed by atoms with E-state index in [9.17, 15) is 4.79 Å². The predicted molar refractivity (Wildman–Crippen MR) is 110 cm³/mol. The van der Waals surface area contributed by atoms with Gasteiger partial charge in [0.05, 0.1) is 17.3 Å². The molecule has 0 bridgehead atoms. The van der Waals surface area contributed by atoms with Gasteiger partial charge in [0.2, 0.25) is 11.7 Å². The molecule has 0 unspecified atom stereocenters. The second-order valence-corrected chi connectivity index (χ2v) is 7.06. The lowest BCUT2D eigenvalue weighted by atomic mass is 10.2. The van der Waals surface area contributed by atoms with Crippen LogP contribution in [0.5, 0.6) is 0 Å². The number of nitrogens with zero attached hydrogens (tertiary/aromatic N) is 5. The summed E-state index contributed by atoms with van der Waals surface area (Å²) in [5.41, 5.74) is 1.42. The van der Waals surface area contributed by atoms with E-state index in [-0.39, 0.29) is 12.5 Å². The molecule has 0 radical (unpaired) electrons. The van der Waals surface area contributed by atoms with E-state index in [0.29, 0.717) is 34.8 Å². The van der Waals surface area contributed by atoms with Gasteiger partial charge in [0, 0.05) is 17.1 Å². The SMILES string of the molecule is CCCN(CC(=O)Nc1ccc(Cl)cc1Cl)Cn1nnc(-c2ccccc2)n1. The monoisotopic (exact) mass is 418 g/mol. The molecule has 0 fully saturated rings. The molecule has 1 N–H and O–H groups in total. The van der Waals surface area contributed by atoms with E-state index in [4.69, 9.17) is 23.2 Å². The summed E-state index contributed by atoms with van der Waals surface area (Å²) in [7, 11) is 0. The fourth-order valence-electron chi connectivity index (χ4n) is 2.68. The van der Waals surface area contributed by atoms with Gasteiger partial charge in [-0.1, -0.05) is 60.5 Å². The van der Waals surface area contributed by atoms with Crippen molar-refractivity contribution in [3.63, 3.8) is 0 Å². The number of aromatic nitrogens is 4. The maximum atomic E-state index is 12.4. The molecule has 0 atom stereocenters. The van der Waals surface area contributed by atoms with Crippen LogP contribution in [0.3, 0.4) is 0 Å². The normalized spacial score (nSPS) is 11.0. The highest BCUT2D eigenvalue weighted by molar-refractivity contribution is 6.36. The molecule has 1 heterocycles. The summed E-state index contributed by atoms with van der Waals surface area (Å²) in [5, 5.41) is 16.3. The zero-order valence-corrected chi connectivity index (χ0v) is 16.9. The molecule has 2 aromatic carbocycles. The van der Waals surface area contributed by atoms with Crippen molar-refractivity contribution in [1.82, 2.24) is 25.1 Å². The third-order valence-corrected chi connectivity index (χ3v) is 4.47. The number of hydrogen-bond donors (Lipinski definition) is 1. The van der Waals surface area contributed by atoms with Crippen molar-refractivity contribution < 1.29 is 4.79 Å². The van der Waals surface area contributed by atoms with Crippen LogP contribution in [0.1, 0.15) is 13.3 Å². The number of carbonyl (C=O) groups excluding carboxylic acids is 1. The van der Waals surface area contributed by atoms with Crippen LogP contribution in [0.2, 0.25) is 10.0 Å². The van der Waals surface area contributed by atoms with Crippen LogP contribution in [0.4, 0.5) is 5.69 Å². The van der Waals surface area contributed by atoms with E-state index in [1.165, 1.54) is 4.80 Å². The Morgan fingerprint density at radius 1 is 1.18 bits per heavy atom. The number of rotatable bonds is 8. The summed E-state index contributed by atoms with van der Waals surface area (Å²) >= 11 is 12.0. The molecule has 0 aliphatic heterocycles. The van der Waals surface area contributed by atoms with Crippen LogP contribution in [0.25, 0.3) is 11.4 Å². The second kappa shape index (κ2) is 9.64. The van der Waals surface area contributed by atoms with Gasteiger partial charge in [-0.2, -0.15) is 0 Å². The maximum absolute atomic E-state index is 12.4. The zero-order chi connectivity index (χ0) is 19.9. The Morgan fingerprint density at radius 2 is 1.96 bits per heavy atom. The van der Waals surface area contributed by atoms with Crippen LogP contribution in [-0.2, 0) is 11.5 Å². The fraction of sp³-hybridized carbons (Fsp3) is 0.263. The van der Waals surface area contributed by atoms with Crippen LogP contribution < -0.4 is 5.32 Å². The number of benzene rings is 2. The van der Waals surface area contributed by atoms with Crippen molar-refractivity contribution in [2.75, 3.05) is 18.4 Å². The van der Waals surface area contributed by atoms with Gasteiger partial charge in [-0.05, 0) is 29.8 Å². The average Bonchev–Trinajstić information content (AvgIpc) is 3.13. The summed E-state index contributed by atoms with van der Waals surface area (Å²) in [6, 6.07) is 14.6. The Kier molecular flexibility index (Phi) is 6.97. The van der Waals surface area contributed by atoms with E-state index in [0.717, 1.165) is 12.0 Å². The molecule has 3 aromatic rings. The number of anilines is 1. The molecule has 1 amide bonds. The lowest BCUT2D eigenvalue weighted by Crippen LogP contribution is -2.36. The van der Waals surface area contributed by atoms with Gasteiger partial charge in [-0.25, -0.2) is 0 Å². The highest BCUT2D eigenvalue weighted by Crippen LogP contribution is 2.25. The zero-order valence-electron chi connectivity index (χ0n) is 15.3. The third kappa shape index (κ3) is 5.51. The minimum atomic E-state index is -0.180. The summed E-state index contributed by atoms with van der Waals surface area (Å²) in [4.78, 5) is 15.9. The minimum Gasteiger partial charge on any atom is -0.324 e. The van der Waals surface area contributed by atoms with Crippen molar-refractivity contribution >= 4 is 34.8 Å². The third-order valence-electron chi connectivity index (χ3n) is 3.92. The van der Waals surface area contributed by atoms with Gasteiger partial charge >= 0.3 is 0 Å². The first-order valence-electron chi connectivity index (χ1n) is 8.85.